The lowest BCUT2D eigenvalue weighted by Crippen LogP contribution is -2.23. The van der Waals surface area contributed by atoms with Crippen molar-refractivity contribution < 1.29 is 4.18 Å². The molecule has 0 aliphatic carbocycles. The molecular weight excluding hydrogens is 146 g/mol. The Balaban J connectivity index is 3.40. The van der Waals surface area contributed by atoms with E-state index in [4.69, 9.17) is 4.18 Å². The van der Waals surface area contributed by atoms with Crippen LogP contribution in [0.25, 0.3) is 0 Å². The number of rotatable bonds is 5. The Morgan fingerprint density at radius 3 is 2.30 bits per heavy atom. The van der Waals surface area contributed by atoms with Gasteiger partial charge in [0.25, 0.3) is 0 Å². The molecule has 0 radical (unpaired) electrons. The summed E-state index contributed by atoms with van der Waals surface area (Å²) in [5.41, 5.74) is 0. The van der Waals surface area contributed by atoms with Crippen LogP contribution in [0.5, 0.6) is 0 Å². The second-order valence-electron chi connectivity index (χ2n) is 2.31. The number of hydrogen-bond donors (Lipinski definition) is 0. The zero-order valence-corrected chi connectivity index (χ0v) is 8.07. The molecule has 0 aromatic rings. The second-order valence-corrected chi connectivity index (χ2v) is 3.16. The van der Waals surface area contributed by atoms with E-state index < -0.39 is 0 Å². The highest BCUT2D eigenvalue weighted by Gasteiger charge is 2.06. The van der Waals surface area contributed by atoms with Gasteiger partial charge in [0.15, 0.2) is 0 Å². The fourth-order valence-corrected chi connectivity index (χ4v) is 1.14. The number of hydrogen-bond acceptors (Lipinski definition) is 3. The molecule has 0 atom stereocenters. The molecule has 0 aromatic heterocycles. The van der Waals surface area contributed by atoms with E-state index in [1.54, 1.807) is 0 Å². The van der Waals surface area contributed by atoms with Crippen molar-refractivity contribution >= 4 is 12.2 Å². The molecule has 0 saturated heterocycles. The summed E-state index contributed by atoms with van der Waals surface area (Å²) in [5, 5.41) is 0. The van der Waals surface area contributed by atoms with Gasteiger partial charge in [-0.25, -0.2) is 4.31 Å². The van der Waals surface area contributed by atoms with Gasteiger partial charge in [0.05, 0.1) is 18.8 Å². The highest BCUT2D eigenvalue weighted by molar-refractivity contribution is 7.92. The van der Waals surface area contributed by atoms with E-state index in [9.17, 15) is 0 Å². The minimum Gasteiger partial charge on any atom is -0.301 e. The van der Waals surface area contributed by atoms with Gasteiger partial charge in [-0.3, -0.25) is 0 Å². The third-order valence-corrected chi connectivity index (χ3v) is 2.37. The average molecular weight is 163 g/mol. The standard InChI is InChI=1S/C7H17NOS/c1-5-8(7(3)4)10-9-6-2/h7H,5-6H2,1-4H3. The van der Waals surface area contributed by atoms with Crippen LogP contribution in [0.4, 0.5) is 0 Å². The van der Waals surface area contributed by atoms with E-state index in [-0.39, 0.29) is 0 Å². The first-order valence-electron chi connectivity index (χ1n) is 3.78. The first kappa shape index (κ1) is 10.3. The monoisotopic (exact) mass is 163 g/mol. The molecule has 62 valence electrons. The topological polar surface area (TPSA) is 12.5 Å². The Labute approximate surface area is 68.3 Å². The molecule has 0 saturated carbocycles. The highest BCUT2D eigenvalue weighted by atomic mass is 32.2. The van der Waals surface area contributed by atoms with Crippen LogP contribution in [0.3, 0.4) is 0 Å². The molecule has 0 aromatic carbocycles. The van der Waals surface area contributed by atoms with Crippen LogP contribution < -0.4 is 0 Å². The molecule has 0 aliphatic rings. The summed E-state index contributed by atoms with van der Waals surface area (Å²) in [7, 11) is 0. The van der Waals surface area contributed by atoms with Gasteiger partial charge in [-0.15, -0.1) is 0 Å². The van der Waals surface area contributed by atoms with E-state index in [1.807, 2.05) is 6.92 Å². The molecular formula is C7H17NOS. The maximum atomic E-state index is 5.19. The minimum atomic E-state index is 0.557. The van der Waals surface area contributed by atoms with Crippen molar-refractivity contribution in [3.8, 4) is 0 Å². The van der Waals surface area contributed by atoms with Crippen molar-refractivity contribution in [3.05, 3.63) is 0 Å². The van der Waals surface area contributed by atoms with Gasteiger partial charge in [-0.1, -0.05) is 6.92 Å². The Morgan fingerprint density at radius 1 is 1.40 bits per heavy atom. The quantitative estimate of drug-likeness (QED) is 0.456. The Morgan fingerprint density at radius 2 is 2.00 bits per heavy atom. The molecule has 0 rings (SSSR count). The third kappa shape index (κ3) is 4.14. The smallest absolute Gasteiger partial charge is 0.0821 e. The highest BCUT2D eigenvalue weighted by Crippen LogP contribution is 2.13. The zero-order chi connectivity index (χ0) is 7.98. The zero-order valence-electron chi connectivity index (χ0n) is 7.26. The maximum absolute atomic E-state index is 5.19. The molecule has 0 aliphatic heterocycles. The normalized spacial score (nSPS) is 11.4. The van der Waals surface area contributed by atoms with Gasteiger partial charge >= 0.3 is 0 Å². The first-order valence-corrected chi connectivity index (χ1v) is 4.48. The lowest BCUT2D eigenvalue weighted by atomic mass is 10.4. The van der Waals surface area contributed by atoms with Gasteiger partial charge in [0, 0.05) is 12.6 Å². The van der Waals surface area contributed by atoms with Gasteiger partial charge in [-0.05, 0) is 20.8 Å². The SMILES string of the molecule is CCOSN(CC)C(C)C. The molecule has 0 unspecified atom stereocenters. The van der Waals surface area contributed by atoms with Crippen LogP contribution in [0.2, 0.25) is 0 Å². The van der Waals surface area contributed by atoms with Crippen molar-refractivity contribution in [3.63, 3.8) is 0 Å². The maximum Gasteiger partial charge on any atom is 0.0821 e. The molecule has 3 heteroatoms. The van der Waals surface area contributed by atoms with Gasteiger partial charge in [0.1, 0.15) is 0 Å². The summed E-state index contributed by atoms with van der Waals surface area (Å²) in [6, 6.07) is 0.557. The summed E-state index contributed by atoms with van der Waals surface area (Å²) in [6.45, 7) is 10.3. The van der Waals surface area contributed by atoms with Crippen molar-refractivity contribution in [2.24, 2.45) is 0 Å². The van der Waals surface area contributed by atoms with Crippen LogP contribution in [0.1, 0.15) is 27.7 Å². The minimum absolute atomic E-state index is 0.557. The van der Waals surface area contributed by atoms with Crippen molar-refractivity contribution in [2.45, 2.75) is 33.7 Å². The average Bonchev–Trinajstić information content (AvgIpc) is 1.89. The molecule has 10 heavy (non-hydrogen) atoms. The first-order chi connectivity index (χ1) is 4.72. The number of nitrogens with zero attached hydrogens (tertiary/aromatic N) is 1. The van der Waals surface area contributed by atoms with Crippen LogP contribution in [-0.4, -0.2) is 23.5 Å². The molecule has 0 heterocycles. The van der Waals surface area contributed by atoms with Gasteiger partial charge < -0.3 is 4.18 Å². The molecule has 0 N–H and O–H groups in total. The summed E-state index contributed by atoms with van der Waals surface area (Å²) in [6.07, 6.45) is 0. The van der Waals surface area contributed by atoms with E-state index in [0.717, 1.165) is 13.2 Å². The molecule has 2 nitrogen and oxygen atoms in total. The lowest BCUT2D eigenvalue weighted by Gasteiger charge is -2.21. The fraction of sp³-hybridized carbons (Fsp3) is 1.00. The van der Waals surface area contributed by atoms with Crippen molar-refractivity contribution in [1.82, 2.24) is 4.31 Å². The van der Waals surface area contributed by atoms with E-state index in [2.05, 4.69) is 25.1 Å². The van der Waals surface area contributed by atoms with Crippen LogP contribution in [0.15, 0.2) is 0 Å². The molecule has 0 amide bonds. The summed E-state index contributed by atoms with van der Waals surface area (Å²) >= 11 is 1.46. The fourth-order valence-electron chi connectivity index (χ4n) is 0.624. The van der Waals surface area contributed by atoms with E-state index >= 15 is 0 Å². The predicted molar refractivity (Wildman–Crippen MR) is 46.7 cm³/mol. The predicted octanol–water partition coefficient (Wildman–Crippen LogP) is 2.32. The van der Waals surface area contributed by atoms with Crippen LogP contribution >= 0.6 is 12.2 Å². The lowest BCUT2D eigenvalue weighted by molar-refractivity contribution is 0.333. The Hall–Kier alpha value is 0.270. The molecule has 0 fully saturated rings. The Bertz CT molecular complexity index is 78.0. The largest absolute Gasteiger partial charge is 0.301 e. The summed E-state index contributed by atoms with van der Waals surface area (Å²) < 4.78 is 7.39. The second kappa shape index (κ2) is 6.01. The molecule has 0 bridgehead atoms. The Kier molecular flexibility index (Phi) is 6.17. The van der Waals surface area contributed by atoms with Crippen LogP contribution in [0, 0.1) is 0 Å². The van der Waals surface area contributed by atoms with E-state index in [0.29, 0.717) is 6.04 Å². The van der Waals surface area contributed by atoms with Crippen LogP contribution in [-0.2, 0) is 4.18 Å². The van der Waals surface area contributed by atoms with Gasteiger partial charge in [-0.2, -0.15) is 0 Å². The summed E-state index contributed by atoms with van der Waals surface area (Å²) in [5.74, 6) is 0. The van der Waals surface area contributed by atoms with E-state index in [1.165, 1.54) is 12.2 Å². The van der Waals surface area contributed by atoms with Crippen molar-refractivity contribution in [1.29, 1.82) is 0 Å². The third-order valence-electron chi connectivity index (χ3n) is 1.15. The summed E-state index contributed by atoms with van der Waals surface area (Å²) in [4.78, 5) is 0. The van der Waals surface area contributed by atoms with Crippen molar-refractivity contribution in [2.75, 3.05) is 13.2 Å². The molecule has 0 spiro atoms. The van der Waals surface area contributed by atoms with Gasteiger partial charge in [0.2, 0.25) is 0 Å².